The molecule has 1 aliphatic heterocycles. The van der Waals surface area contributed by atoms with Crippen LogP contribution in [0.25, 0.3) is 5.69 Å². The predicted molar refractivity (Wildman–Crippen MR) is 114 cm³/mol. The number of amides is 2. The van der Waals surface area contributed by atoms with Crippen molar-refractivity contribution in [3.8, 4) is 5.69 Å². The van der Waals surface area contributed by atoms with E-state index in [1.807, 2.05) is 55.1 Å². The lowest BCUT2D eigenvalue weighted by Crippen LogP contribution is -2.41. The first-order valence-corrected chi connectivity index (χ1v) is 10.2. The molecule has 1 N–H and O–H groups in total. The van der Waals surface area contributed by atoms with Gasteiger partial charge in [-0.15, -0.1) is 0 Å². The number of rotatable bonds is 4. The van der Waals surface area contributed by atoms with E-state index in [-0.39, 0.29) is 17.7 Å². The van der Waals surface area contributed by atoms with Gasteiger partial charge in [-0.3, -0.25) is 9.59 Å². The largest absolute Gasteiger partial charge is 0.360 e. The number of anilines is 1. The fourth-order valence-electron chi connectivity index (χ4n) is 4.12. The summed E-state index contributed by atoms with van der Waals surface area (Å²) < 4.78 is 7.09. The maximum absolute atomic E-state index is 13.2. The van der Waals surface area contributed by atoms with Crippen LogP contribution in [0, 0.1) is 26.7 Å². The summed E-state index contributed by atoms with van der Waals surface area (Å²) in [5, 5.41) is 6.60. The smallest absolute Gasteiger partial charge is 0.255 e. The van der Waals surface area contributed by atoms with Crippen LogP contribution in [0.5, 0.6) is 0 Å². The maximum Gasteiger partial charge on any atom is 0.255 e. The molecule has 3 aromatic rings. The number of benzene rings is 1. The molecule has 7 nitrogen and oxygen atoms in total. The topological polar surface area (TPSA) is 80.4 Å². The molecule has 156 valence electrons. The summed E-state index contributed by atoms with van der Waals surface area (Å²) in [4.78, 5) is 27.5. The van der Waals surface area contributed by atoms with Crippen LogP contribution in [0.4, 0.5) is 5.82 Å². The van der Waals surface area contributed by atoms with Crippen molar-refractivity contribution in [1.82, 2.24) is 14.6 Å². The summed E-state index contributed by atoms with van der Waals surface area (Å²) in [6, 6.07) is 13.7. The lowest BCUT2D eigenvalue weighted by atomic mass is 9.95. The van der Waals surface area contributed by atoms with Crippen LogP contribution in [0.3, 0.4) is 0 Å². The zero-order valence-electron chi connectivity index (χ0n) is 17.5. The Morgan fingerprint density at radius 3 is 2.40 bits per heavy atom. The highest BCUT2D eigenvalue weighted by Crippen LogP contribution is 2.25. The van der Waals surface area contributed by atoms with Crippen LogP contribution in [0.15, 0.2) is 47.0 Å². The number of piperidine rings is 1. The predicted octanol–water partition coefficient (Wildman–Crippen LogP) is 3.88. The molecule has 0 atom stereocenters. The van der Waals surface area contributed by atoms with Gasteiger partial charge in [-0.05, 0) is 51.8 Å². The Balaban J connectivity index is 1.42. The number of hydrogen-bond donors (Lipinski definition) is 1. The van der Waals surface area contributed by atoms with Gasteiger partial charge in [0.2, 0.25) is 5.91 Å². The Morgan fingerprint density at radius 2 is 1.77 bits per heavy atom. The molecule has 4 rings (SSSR count). The molecule has 1 aliphatic rings. The van der Waals surface area contributed by atoms with Gasteiger partial charge >= 0.3 is 0 Å². The SMILES string of the molecule is Cc1cc(NC(=O)C2CCN(C(=O)c3cc(C)n(-c4ccccc4)c3C)CC2)no1. The highest BCUT2D eigenvalue weighted by Gasteiger charge is 2.29. The minimum absolute atomic E-state index is 0.0243. The zero-order chi connectivity index (χ0) is 21.3. The van der Waals surface area contributed by atoms with Crippen LogP contribution < -0.4 is 5.32 Å². The van der Waals surface area contributed by atoms with Gasteiger partial charge in [0, 0.05) is 42.1 Å². The van der Waals surface area contributed by atoms with Crippen LogP contribution >= 0.6 is 0 Å². The second-order valence-electron chi connectivity index (χ2n) is 7.83. The molecule has 30 heavy (non-hydrogen) atoms. The molecule has 0 unspecified atom stereocenters. The quantitative estimate of drug-likeness (QED) is 0.713. The Hall–Kier alpha value is -3.35. The lowest BCUT2D eigenvalue weighted by molar-refractivity contribution is -0.121. The van der Waals surface area contributed by atoms with Crippen LogP contribution in [-0.4, -0.2) is 39.5 Å². The third kappa shape index (κ3) is 3.87. The molecular formula is C23H26N4O3. The summed E-state index contributed by atoms with van der Waals surface area (Å²) in [5.74, 6) is 0.903. The van der Waals surface area contributed by atoms with E-state index in [0.29, 0.717) is 37.5 Å². The molecule has 0 spiro atoms. The number of para-hydroxylation sites is 1. The number of nitrogens with one attached hydrogen (secondary N) is 1. The molecule has 0 aliphatic carbocycles. The average molecular weight is 406 g/mol. The number of carbonyl (C=O) groups excluding carboxylic acids is 2. The Morgan fingerprint density at radius 1 is 1.07 bits per heavy atom. The van der Waals surface area contributed by atoms with E-state index in [2.05, 4.69) is 15.0 Å². The van der Waals surface area contributed by atoms with Gasteiger partial charge < -0.3 is 19.3 Å². The molecule has 0 radical (unpaired) electrons. The van der Waals surface area contributed by atoms with E-state index in [1.165, 1.54) is 0 Å². The van der Waals surface area contributed by atoms with Crippen molar-refractivity contribution >= 4 is 17.6 Å². The summed E-state index contributed by atoms with van der Waals surface area (Å²) in [5.41, 5.74) is 3.73. The van der Waals surface area contributed by atoms with Crippen molar-refractivity contribution < 1.29 is 14.1 Å². The minimum Gasteiger partial charge on any atom is -0.360 e. The van der Waals surface area contributed by atoms with Crippen LogP contribution in [0.2, 0.25) is 0 Å². The highest BCUT2D eigenvalue weighted by molar-refractivity contribution is 5.96. The molecule has 2 aromatic heterocycles. The van der Waals surface area contributed by atoms with E-state index in [4.69, 9.17) is 4.52 Å². The molecule has 2 amide bonds. The first-order valence-electron chi connectivity index (χ1n) is 10.2. The lowest BCUT2D eigenvalue weighted by Gasteiger charge is -2.31. The molecule has 7 heteroatoms. The number of likely N-dealkylation sites (tertiary alicyclic amines) is 1. The monoisotopic (exact) mass is 406 g/mol. The number of nitrogens with zero attached hydrogens (tertiary/aromatic N) is 3. The second-order valence-corrected chi connectivity index (χ2v) is 7.83. The average Bonchev–Trinajstić information content (AvgIpc) is 3.30. The summed E-state index contributed by atoms with van der Waals surface area (Å²) in [7, 11) is 0. The fraction of sp³-hybridized carbons (Fsp3) is 0.348. The van der Waals surface area contributed by atoms with Gasteiger partial charge in [0.05, 0.1) is 5.56 Å². The number of aryl methyl sites for hydroxylation is 2. The molecule has 1 saturated heterocycles. The molecule has 1 fully saturated rings. The van der Waals surface area contributed by atoms with Crippen molar-refractivity contribution in [2.45, 2.75) is 33.6 Å². The zero-order valence-corrected chi connectivity index (χ0v) is 17.5. The van der Waals surface area contributed by atoms with Gasteiger partial charge in [-0.2, -0.15) is 0 Å². The van der Waals surface area contributed by atoms with E-state index in [0.717, 1.165) is 22.6 Å². The van der Waals surface area contributed by atoms with Gasteiger partial charge in [0.15, 0.2) is 5.82 Å². The Bertz CT molecular complexity index is 1060. The minimum atomic E-state index is -0.136. The van der Waals surface area contributed by atoms with E-state index < -0.39 is 0 Å². The van der Waals surface area contributed by atoms with E-state index in [1.54, 1.807) is 13.0 Å². The first-order chi connectivity index (χ1) is 14.4. The second kappa shape index (κ2) is 8.18. The van der Waals surface area contributed by atoms with Gasteiger partial charge in [0.1, 0.15) is 5.76 Å². The summed E-state index contributed by atoms with van der Waals surface area (Å²) in [6.07, 6.45) is 1.26. The standard InChI is InChI=1S/C23H26N4O3/c1-15-13-20(17(3)27(15)19-7-5-4-6-8-19)23(29)26-11-9-18(10-12-26)22(28)24-21-14-16(2)30-25-21/h4-8,13-14,18H,9-12H2,1-3H3,(H,24,25,28). The van der Waals surface area contributed by atoms with Crippen molar-refractivity contribution in [1.29, 1.82) is 0 Å². The highest BCUT2D eigenvalue weighted by atomic mass is 16.5. The summed E-state index contributed by atoms with van der Waals surface area (Å²) >= 11 is 0. The maximum atomic E-state index is 13.2. The van der Waals surface area contributed by atoms with Crippen molar-refractivity contribution in [2.75, 3.05) is 18.4 Å². The van der Waals surface area contributed by atoms with Gasteiger partial charge in [-0.1, -0.05) is 23.4 Å². The van der Waals surface area contributed by atoms with Crippen LogP contribution in [0.1, 0.15) is 40.3 Å². The first kappa shape index (κ1) is 19.9. The molecular weight excluding hydrogens is 380 g/mol. The normalized spacial score (nSPS) is 14.7. The van der Waals surface area contributed by atoms with Gasteiger partial charge in [0.25, 0.3) is 5.91 Å². The number of hydrogen-bond acceptors (Lipinski definition) is 4. The molecule has 3 heterocycles. The Labute approximate surface area is 175 Å². The molecule has 1 aromatic carbocycles. The van der Waals surface area contributed by atoms with Gasteiger partial charge in [-0.25, -0.2) is 0 Å². The van der Waals surface area contributed by atoms with E-state index in [9.17, 15) is 9.59 Å². The summed E-state index contributed by atoms with van der Waals surface area (Å²) in [6.45, 7) is 6.89. The number of carbonyl (C=O) groups is 2. The molecule has 0 bridgehead atoms. The fourth-order valence-corrected chi connectivity index (χ4v) is 4.12. The van der Waals surface area contributed by atoms with Crippen molar-refractivity contribution in [3.05, 3.63) is 65.2 Å². The van der Waals surface area contributed by atoms with Crippen molar-refractivity contribution in [3.63, 3.8) is 0 Å². The number of aromatic nitrogens is 2. The van der Waals surface area contributed by atoms with E-state index >= 15 is 0 Å². The van der Waals surface area contributed by atoms with Crippen molar-refractivity contribution in [2.24, 2.45) is 5.92 Å². The van der Waals surface area contributed by atoms with Crippen LogP contribution in [-0.2, 0) is 4.79 Å². The third-order valence-corrected chi connectivity index (χ3v) is 5.71. The Kier molecular flexibility index (Phi) is 5.44. The molecule has 0 saturated carbocycles. The third-order valence-electron chi connectivity index (χ3n) is 5.71.